The van der Waals surface area contributed by atoms with Gasteiger partial charge in [-0.1, -0.05) is 0 Å². The molecule has 0 bridgehead atoms. The lowest BCUT2D eigenvalue weighted by Gasteiger charge is -2.22. The van der Waals surface area contributed by atoms with Gasteiger partial charge in [-0.05, 0) is 24.3 Å². The van der Waals surface area contributed by atoms with E-state index in [0.717, 1.165) is 17.2 Å². The van der Waals surface area contributed by atoms with Crippen molar-refractivity contribution < 1.29 is 8.81 Å². The smallest absolute Gasteiger partial charge is 0.226 e. The summed E-state index contributed by atoms with van der Waals surface area (Å²) in [5, 5.41) is 0. The molecule has 0 saturated carbocycles. The van der Waals surface area contributed by atoms with Gasteiger partial charge in [-0.25, -0.2) is 9.37 Å². The summed E-state index contributed by atoms with van der Waals surface area (Å²) in [4.78, 5) is 12.9. The standard InChI is InChI=1S/C16H21FN4O.HI/c1-20(2)16(21(3)4)18-10-9-14-11-22-15(19-14)12-5-7-13(17)8-6-12;/h5-8,11H,9-10H2,1-4H3;1H. The molecule has 1 aromatic heterocycles. The molecule has 5 nitrogen and oxygen atoms in total. The zero-order chi connectivity index (χ0) is 16.1. The zero-order valence-corrected chi connectivity index (χ0v) is 16.1. The first-order valence-corrected chi connectivity index (χ1v) is 7.07. The van der Waals surface area contributed by atoms with Crippen LogP contribution in [0.25, 0.3) is 11.5 Å². The molecule has 7 heteroatoms. The van der Waals surface area contributed by atoms with Gasteiger partial charge in [0, 0.05) is 46.7 Å². The van der Waals surface area contributed by atoms with Gasteiger partial charge >= 0.3 is 0 Å². The molecule has 1 aromatic carbocycles. The normalized spacial score (nSPS) is 9.96. The number of hydrogen-bond acceptors (Lipinski definition) is 3. The van der Waals surface area contributed by atoms with E-state index >= 15 is 0 Å². The van der Waals surface area contributed by atoms with E-state index in [4.69, 9.17) is 4.42 Å². The summed E-state index contributed by atoms with van der Waals surface area (Å²) in [7, 11) is 7.84. The first kappa shape index (κ1) is 19.4. The summed E-state index contributed by atoms with van der Waals surface area (Å²) in [6, 6.07) is 6.09. The van der Waals surface area contributed by atoms with Crippen molar-refractivity contribution in [2.75, 3.05) is 34.7 Å². The first-order valence-electron chi connectivity index (χ1n) is 7.07. The second kappa shape index (κ2) is 8.85. The minimum atomic E-state index is -0.273. The lowest BCUT2D eigenvalue weighted by Crippen LogP contribution is -2.35. The van der Waals surface area contributed by atoms with Crippen LogP contribution in [-0.2, 0) is 6.42 Å². The number of nitrogens with zero attached hydrogens (tertiary/aromatic N) is 4. The SMILES string of the molecule is CN(C)C(=NCCc1coc(-c2ccc(F)cc2)n1)N(C)C.I. The van der Waals surface area contributed by atoms with Gasteiger partial charge in [0.1, 0.15) is 12.1 Å². The minimum Gasteiger partial charge on any atom is -0.444 e. The highest BCUT2D eigenvalue weighted by molar-refractivity contribution is 14.0. The third-order valence-corrected chi connectivity index (χ3v) is 3.06. The Morgan fingerprint density at radius 2 is 1.74 bits per heavy atom. The molecule has 23 heavy (non-hydrogen) atoms. The van der Waals surface area contributed by atoms with Gasteiger partial charge < -0.3 is 14.2 Å². The highest BCUT2D eigenvalue weighted by Gasteiger charge is 2.08. The van der Waals surface area contributed by atoms with E-state index < -0.39 is 0 Å². The summed E-state index contributed by atoms with van der Waals surface area (Å²) in [5.41, 5.74) is 1.60. The van der Waals surface area contributed by atoms with Gasteiger partial charge in [0.2, 0.25) is 5.89 Å². The van der Waals surface area contributed by atoms with Crippen molar-refractivity contribution in [3.8, 4) is 11.5 Å². The van der Waals surface area contributed by atoms with Crippen LogP contribution in [0.5, 0.6) is 0 Å². The Hall–Kier alpha value is -1.64. The fraction of sp³-hybridized carbons (Fsp3) is 0.375. The maximum Gasteiger partial charge on any atom is 0.226 e. The summed E-state index contributed by atoms with van der Waals surface area (Å²) in [6.45, 7) is 0.626. The molecule has 0 amide bonds. The number of oxazole rings is 1. The minimum absolute atomic E-state index is 0. The lowest BCUT2D eigenvalue weighted by atomic mass is 10.2. The van der Waals surface area contributed by atoms with Crippen LogP contribution in [0, 0.1) is 5.82 Å². The van der Waals surface area contributed by atoms with E-state index in [1.165, 1.54) is 12.1 Å². The molecular formula is C16H22FIN4O. The third kappa shape index (κ3) is 5.49. The van der Waals surface area contributed by atoms with Gasteiger partial charge in [-0.2, -0.15) is 0 Å². The molecule has 0 aliphatic heterocycles. The molecule has 0 saturated heterocycles. The number of benzene rings is 1. The van der Waals surface area contributed by atoms with Gasteiger partial charge in [-0.3, -0.25) is 4.99 Å². The molecule has 1 heterocycles. The van der Waals surface area contributed by atoms with Gasteiger partial charge in [0.15, 0.2) is 5.96 Å². The quantitative estimate of drug-likeness (QED) is 0.423. The first-order chi connectivity index (χ1) is 10.5. The number of aliphatic imine (C=N–C) groups is 1. The predicted octanol–water partition coefficient (Wildman–Crippen LogP) is 3.12. The Morgan fingerprint density at radius 3 is 2.30 bits per heavy atom. The van der Waals surface area contributed by atoms with E-state index in [-0.39, 0.29) is 29.8 Å². The Labute approximate surface area is 153 Å². The summed E-state index contributed by atoms with van der Waals surface area (Å²) < 4.78 is 18.3. The van der Waals surface area contributed by atoms with Crippen molar-refractivity contribution in [2.45, 2.75) is 6.42 Å². The topological polar surface area (TPSA) is 44.9 Å². The van der Waals surface area contributed by atoms with Crippen molar-refractivity contribution in [1.82, 2.24) is 14.8 Å². The molecular weight excluding hydrogens is 410 g/mol. The van der Waals surface area contributed by atoms with Crippen molar-refractivity contribution in [1.29, 1.82) is 0 Å². The number of rotatable bonds is 4. The molecule has 0 aliphatic rings. The Bertz CT molecular complexity index is 628. The van der Waals surface area contributed by atoms with E-state index in [1.807, 2.05) is 38.0 Å². The molecule has 126 valence electrons. The predicted molar refractivity (Wildman–Crippen MR) is 101 cm³/mol. The van der Waals surface area contributed by atoms with Crippen LogP contribution in [0.2, 0.25) is 0 Å². The fourth-order valence-electron chi connectivity index (χ4n) is 2.10. The Balaban J connectivity index is 0.00000264. The fourth-order valence-corrected chi connectivity index (χ4v) is 2.10. The second-order valence-electron chi connectivity index (χ2n) is 5.37. The van der Waals surface area contributed by atoms with Crippen LogP contribution >= 0.6 is 24.0 Å². The zero-order valence-electron chi connectivity index (χ0n) is 13.8. The number of aromatic nitrogens is 1. The number of guanidine groups is 1. The number of halogens is 2. The van der Waals surface area contributed by atoms with Crippen LogP contribution in [0.4, 0.5) is 4.39 Å². The van der Waals surface area contributed by atoms with Crippen molar-refractivity contribution >= 4 is 29.9 Å². The molecule has 0 unspecified atom stereocenters. The largest absolute Gasteiger partial charge is 0.444 e. The molecule has 0 atom stereocenters. The molecule has 2 aromatic rings. The molecule has 0 aliphatic carbocycles. The maximum atomic E-state index is 12.9. The van der Waals surface area contributed by atoms with Crippen LogP contribution < -0.4 is 0 Å². The Kier molecular flexibility index (Phi) is 7.47. The number of hydrogen-bond donors (Lipinski definition) is 0. The summed E-state index contributed by atoms with van der Waals surface area (Å²) >= 11 is 0. The van der Waals surface area contributed by atoms with Crippen LogP contribution in [-0.4, -0.2) is 55.5 Å². The molecule has 2 rings (SSSR count). The average molecular weight is 432 g/mol. The van der Waals surface area contributed by atoms with Crippen LogP contribution in [0.15, 0.2) is 39.9 Å². The van der Waals surface area contributed by atoms with Crippen LogP contribution in [0.3, 0.4) is 0 Å². The summed E-state index contributed by atoms with van der Waals surface area (Å²) in [5.74, 6) is 1.13. The Morgan fingerprint density at radius 1 is 1.13 bits per heavy atom. The van der Waals surface area contributed by atoms with E-state index in [1.54, 1.807) is 18.4 Å². The molecule has 0 fully saturated rings. The molecule has 0 spiro atoms. The van der Waals surface area contributed by atoms with Crippen molar-refractivity contribution in [3.63, 3.8) is 0 Å². The average Bonchev–Trinajstić information content (AvgIpc) is 2.92. The third-order valence-electron chi connectivity index (χ3n) is 3.06. The van der Waals surface area contributed by atoms with Crippen molar-refractivity contribution in [3.05, 3.63) is 42.0 Å². The van der Waals surface area contributed by atoms with E-state index in [0.29, 0.717) is 18.9 Å². The maximum absolute atomic E-state index is 12.9. The highest BCUT2D eigenvalue weighted by Crippen LogP contribution is 2.19. The van der Waals surface area contributed by atoms with Crippen molar-refractivity contribution in [2.24, 2.45) is 4.99 Å². The second-order valence-corrected chi connectivity index (χ2v) is 5.37. The van der Waals surface area contributed by atoms with Gasteiger partial charge in [-0.15, -0.1) is 24.0 Å². The van der Waals surface area contributed by atoms with Gasteiger partial charge in [0.05, 0.1) is 5.69 Å². The van der Waals surface area contributed by atoms with E-state index in [2.05, 4.69) is 9.98 Å². The van der Waals surface area contributed by atoms with E-state index in [9.17, 15) is 4.39 Å². The molecule has 0 radical (unpaired) electrons. The van der Waals surface area contributed by atoms with Crippen LogP contribution in [0.1, 0.15) is 5.69 Å². The monoisotopic (exact) mass is 432 g/mol. The molecule has 0 N–H and O–H groups in total. The highest BCUT2D eigenvalue weighted by atomic mass is 127. The summed E-state index contributed by atoms with van der Waals surface area (Å²) in [6.07, 6.45) is 2.31. The van der Waals surface area contributed by atoms with Gasteiger partial charge in [0.25, 0.3) is 0 Å². The lowest BCUT2D eigenvalue weighted by molar-refractivity contribution is 0.479.